The van der Waals surface area contributed by atoms with Gasteiger partial charge >= 0.3 is 6.18 Å². The molecule has 0 aliphatic carbocycles. The molecular weight excluding hydrogens is 305 g/mol. The molecule has 118 valence electrons. The lowest BCUT2D eigenvalue weighted by Crippen LogP contribution is -2.63. The fourth-order valence-corrected chi connectivity index (χ4v) is 1.95. The van der Waals surface area contributed by atoms with Crippen LogP contribution < -0.4 is 5.73 Å². The van der Waals surface area contributed by atoms with E-state index in [2.05, 4.69) is 0 Å². The van der Waals surface area contributed by atoms with Gasteiger partial charge in [-0.15, -0.1) is 0 Å². The van der Waals surface area contributed by atoms with E-state index in [0.29, 0.717) is 17.5 Å². The quantitative estimate of drug-likeness (QED) is 0.924. The van der Waals surface area contributed by atoms with Crippen molar-refractivity contribution in [2.45, 2.75) is 45.1 Å². The van der Waals surface area contributed by atoms with E-state index in [0.717, 1.165) is 4.90 Å². The van der Waals surface area contributed by atoms with Crippen molar-refractivity contribution in [3.05, 3.63) is 34.9 Å². The molecule has 1 unspecified atom stereocenters. The zero-order valence-electron chi connectivity index (χ0n) is 12.0. The summed E-state index contributed by atoms with van der Waals surface area (Å²) in [5.41, 5.74) is 2.94. The first-order valence-corrected chi connectivity index (χ1v) is 6.75. The van der Waals surface area contributed by atoms with Crippen LogP contribution in [0, 0.1) is 0 Å². The molecule has 0 aliphatic heterocycles. The molecule has 1 rings (SSSR count). The lowest BCUT2D eigenvalue weighted by atomic mass is 9.99. The van der Waals surface area contributed by atoms with Gasteiger partial charge in [-0.2, -0.15) is 13.2 Å². The van der Waals surface area contributed by atoms with Gasteiger partial charge in [0.2, 0.25) is 0 Å². The Morgan fingerprint density at radius 1 is 1.38 bits per heavy atom. The third-order valence-corrected chi connectivity index (χ3v) is 3.39. The minimum absolute atomic E-state index is 0.0138. The summed E-state index contributed by atoms with van der Waals surface area (Å²) in [6, 6.07) is 6.19. The lowest BCUT2D eigenvalue weighted by molar-refractivity contribution is -0.195. The molecule has 1 atom stereocenters. The van der Waals surface area contributed by atoms with E-state index < -0.39 is 23.7 Å². The van der Waals surface area contributed by atoms with Crippen LogP contribution in [0.15, 0.2) is 24.3 Å². The Kier molecular flexibility index (Phi) is 5.28. The summed E-state index contributed by atoms with van der Waals surface area (Å²) in [4.78, 5) is 13.3. The monoisotopic (exact) mass is 322 g/mol. The zero-order chi connectivity index (χ0) is 16.4. The van der Waals surface area contributed by atoms with E-state index in [1.807, 2.05) is 0 Å². The minimum Gasteiger partial charge on any atom is -0.334 e. The third kappa shape index (κ3) is 4.11. The highest BCUT2D eigenvalue weighted by Gasteiger charge is 2.55. The molecule has 0 saturated carbocycles. The molecular formula is C14H18ClF3N2O. The van der Waals surface area contributed by atoms with E-state index in [-0.39, 0.29) is 6.54 Å². The Morgan fingerprint density at radius 3 is 2.38 bits per heavy atom. The SMILES string of the molecule is CC(C)N(Cc1cccc(Cl)c1)C(=O)C(C)(N)C(F)(F)F. The molecule has 0 aliphatic rings. The third-order valence-electron chi connectivity index (χ3n) is 3.16. The van der Waals surface area contributed by atoms with Crippen molar-refractivity contribution in [2.75, 3.05) is 0 Å². The van der Waals surface area contributed by atoms with Crippen molar-refractivity contribution in [3.63, 3.8) is 0 Å². The van der Waals surface area contributed by atoms with Crippen molar-refractivity contribution in [3.8, 4) is 0 Å². The van der Waals surface area contributed by atoms with Gasteiger partial charge in [-0.05, 0) is 38.5 Å². The van der Waals surface area contributed by atoms with E-state index >= 15 is 0 Å². The van der Waals surface area contributed by atoms with Gasteiger partial charge < -0.3 is 10.6 Å². The highest BCUT2D eigenvalue weighted by Crippen LogP contribution is 2.30. The van der Waals surface area contributed by atoms with Gasteiger partial charge in [-0.3, -0.25) is 4.79 Å². The maximum Gasteiger partial charge on any atom is 0.415 e. The number of halogens is 4. The second kappa shape index (κ2) is 6.23. The molecule has 1 aromatic rings. The Balaban J connectivity index is 3.05. The first-order valence-electron chi connectivity index (χ1n) is 6.38. The van der Waals surface area contributed by atoms with E-state index in [1.165, 1.54) is 0 Å². The van der Waals surface area contributed by atoms with E-state index in [9.17, 15) is 18.0 Å². The predicted octanol–water partition coefficient (Wildman–Crippen LogP) is 3.36. The molecule has 2 N–H and O–H groups in total. The van der Waals surface area contributed by atoms with Gasteiger partial charge in [0.15, 0.2) is 5.54 Å². The molecule has 21 heavy (non-hydrogen) atoms. The van der Waals surface area contributed by atoms with Gasteiger partial charge in [-0.25, -0.2) is 0 Å². The van der Waals surface area contributed by atoms with Crippen molar-refractivity contribution >= 4 is 17.5 Å². The zero-order valence-corrected chi connectivity index (χ0v) is 12.8. The highest BCUT2D eigenvalue weighted by molar-refractivity contribution is 6.30. The topological polar surface area (TPSA) is 46.3 Å². The number of rotatable bonds is 4. The van der Waals surface area contributed by atoms with Crippen LogP contribution in [0.1, 0.15) is 26.3 Å². The normalized spacial score (nSPS) is 14.9. The van der Waals surface area contributed by atoms with Crippen LogP contribution in [0.25, 0.3) is 0 Å². The Morgan fingerprint density at radius 2 is 1.95 bits per heavy atom. The summed E-state index contributed by atoms with van der Waals surface area (Å²) in [5.74, 6) is -1.16. The average molecular weight is 323 g/mol. The number of alkyl halides is 3. The fourth-order valence-electron chi connectivity index (χ4n) is 1.74. The maximum atomic E-state index is 12.9. The number of nitrogens with two attached hydrogens (primary N) is 1. The molecule has 0 radical (unpaired) electrons. The van der Waals surface area contributed by atoms with Crippen molar-refractivity contribution in [1.82, 2.24) is 4.90 Å². The second-order valence-corrected chi connectivity index (χ2v) is 5.79. The molecule has 0 bridgehead atoms. The number of benzene rings is 1. The fraction of sp³-hybridized carbons (Fsp3) is 0.500. The number of amides is 1. The van der Waals surface area contributed by atoms with Gasteiger partial charge in [0.25, 0.3) is 5.91 Å². The summed E-state index contributed by atoms with van der Waals surface area (Å²) < 4.78 is 38.8. The summed E-state index contributed by atoms with van der Waals surface area (Å²) >= 11 is 5.84. The summed E-state index contributed by atoms with van der Waals surface area (Å²) in [6.07, 6.45) is -4.81. The average Bonchev–Trinajstić information content (AvgIpc) is 2.33. The molecule has 7 heteroatoms. The predicted molar refractivity (Wildman–Crippen MR) is 75.8 cm³/mol. The van der Waals surface area contributed by atoms with Crippen LogP contribution in [-0.2, 0) is 11.3 Å². The molecule has 0 fully saturated rings. The van der Waals surface area contributed by atoms with Crippen molar-refractivity contribution < 1.29 is 18.0 Å². The van der Waals surface area contributed by atoms with Gasteiger partial charge in [0.05, 0.1) is 0 Å². The number of hydrogen-bond donors (Lipinski definition) is 1. The summed E-state index contributed by atoms with van der Waals surface area (Å²) in [6.45, 7) is 3.96. The van der Waals surface area contributed by atoms with Crippen LogP contribution in [0.3, 0.4) is 0 Å². The van der Waals surface area contributed by atoms with Gasteiger partial charge in [0, 0.05) is 17.6 Å². The largest absolute Gasteiger partial charge is 0.415 e. The van der Waals surface area contributed by atoms with Crippen LogP contribution >= 0.6 is 11.6 Å². The van der Waals surface area contributed by atoms with Crippen LogP contribution in [-0.4, -0.2) is 28.6 Å². The Hall–Kier alpha value is -1.27. The Bertz CT molecular complexity index is 515. The van der Waals surface area contributed by atoms with Crippen LogP contribution in [0.2, 0.25) is 5.02 Å². The maximum absolute atomic E-state index is 12.9. The first-order chi connectivity index (χ1) is 9.46. The molecule has 3 nitrogen and oxygen atoms in total. The highest BCUT2D eigenvalue weighted by atomic mass is 35.5. The standard InChI is InChI=1S/C14H18ClF3N2O/c1-9(2)20(8-10-5-4-6-11(15)7-10)12(21)13(3,19)14(16,17)18/h4-7,9H,8,19H2,1-3H3. The smallest absolute Gasteiger partial charge is 0.334 e. The minimum atomic E-state index is -4.81. The number of hydrogen-bond acceptors (Lipinski definition) is 2. The van der Waals surface area contributed by atoms with Gasteiger partial charge in [0.1, 0.15) is 0 Å². The molecule has 0 saturated heterocycles. The second-order valence-electron chi connectivity index (χ2n) is 5.36. The molecule has 1 aromatic carbocycles. The van der Waals surface area contributed by atoms with Crippen LogP contribution in [0.4, 0.5) is 13.2 Å². The molecule has 1 amide bonds. The first kappa shape index (κ1) is 17.8. The van der Waals surface area contributed by atoms with E-state index in [4.69, 9.17) is 17.3 Å². The van der Waals surface area contributed by atoms with Gasteiger partial charge in [-0.1, -0.05) is 23.7 Å². The molecule has 0 spiro atoms. The van der Waals surface area contributed by atoms with E-state index in [1.54, 1.807) is 38.1 Å². The molecule has 0 heterocycles. The Labute approximate surface area is 126 Å². The van der Waals surface area contributed by atoms with Crippen LogP contribution in [0.5, 0.6) is 0 Å². The molecule has 0 aromatic heterocycles. The number of carbonyl (C=O) groups excluding carboxylic acids is 1. The van der Waals surface area contributed by atoms with Crippen molar-refractivity contribution in [1.29, 1.82) is 0 Å². The summed E-state index contributed by atoms with van der Waals surface area (Å²) in [5, 5.41) is 0.454. The number of carbonyl (C=O) groups is 1. The lowest BCUT2D eigenvalue weighted by Gasteiger charge is -2.35. The number of nitrogens with zero attached hydrogens (tertiary/aromatic N) is 1. The summed E-state index contributed by atoms with van der Waals surface area (Å²) in [7, 11) is 0. The van der Waals surface area contributed by atoms with Crippen molar-refractivity contribution in [2.24, 2.45) is 5.73 Å².